The van der Waals surface area contributed by atoms with Gasteiger partial charge in [0.2, 0.25) is 5.91 Å². The lowest BCUT2D eigenvalue weighted by atomic mass is 9.90. The first-order valence-corrected chi connectivity index (χ1v) is 9.05. The Morgan fingerprint density at radius 1 is 0.769 bits per heavy atom. The lowest BCUT2D eigenvalue weighted by molar-refractivity contribution is -0.125. The Bertz CT molecular complexity index is 1100. The van der Waals surface area contributed by atoms with Gasteiger partial charge in [-0.05, 0) is 44.3 Å². The van der Waals surface area contributed by atoms with Crippen molar-refractivity contribution in [1.82, 2.24) is 5.32 Å². The van der Waals surface area contributed by atoms with E-state index in [2.05, 4.69) is 59.9 Å². The quantitative estimate of drug-likeness (QED) is 0.520. The Kier molecular flexibility index (Phi) is 4.29. The van der Waals surface area contributed by atoms with Crippen molar-refractivity contribution in [3.05, 3.63) is 60.2 Å². The zero-order valence-electron chi connectivity index (χ0n) is 14.8. The van der Waals surface area contributed by atoms with Crippen LogP contribution in [0.25, 0.3) is 32.3 Å². The van der Waals surface area contributed by atoms with Crippen molar-refractivity contribution >= 4 is 44.0 Å². The Labute approximate surface area is 152 Å². The normalized spacial score (nSPS) is 11.4. The number of hydrogen-bond acceptors (Lipinski definition) is 2. The number of amides is 1. The summed E-state index contributed by atoms with van der Waals surface area (Å²) < 4.78 is 0. The van der Waals surface area contributed by atoms with Gasteiger partial charge in [0.05, 0.1) is 0 Å². The molecule has 26 heavy (non-hydrogen) atoms. The van der Waals surface area contributed by atoms with Crippen LogP contribution >= 0.6 is 0 Å². The van der Waals surface area contributed by atoms with E-state index < -0.39 is 0 Å². The van der Waals surface area contributed by atoms with Crippen LogP contribution in [0.2, 0.25) is 0 Å². The molecule has 4 aromatic rings. The molecule has 0 saturated carbocycles. The van der Waals surface area contributed by atoms with Gasteiger partial charge < -0.3 is 5.32 Å². The van der Waals surface area contributed by atoms with E-state index in [-0.39, 0.29) is 18.1 Å². The fourth-order valence-electron chi connectivity index (χ4n) is 3.79. The molecule has 0 atom stereocenters. The molecule has 0 spiro atoms. The third kappa shape index (κ3) is 2.90. The van der Waals surface area contributed by atoms with Gasteiger partial charge in [-0.3, -0.25) is 9.59 Å². The molecule has 0 aliphatic rings. The number of hydrogen-bond donors (Lipinski definition) is 1. The number of benzene rings is 4. The molecule has 0 bridgehead atoms. The first kappa shape index (κ1) is 16.5. The maximum Gasteiger partial charge on any atom is 0.220 e. The molecule has 0 fully saturated rings. The smallest absolute Gasteiger partial charge is 0.220 e. The summed E-state index contributed by atoms with van der Waals surface area (Å²) in [6.07, 6.45) is 1.76. The number of nitrogens with one attached hydrogen (secondary N) is 1. The fourth-order valence-corrected chi connectivity index (χ4v) is 3.79. The molecule has 3 nitrogen and oxygen atoms in total. The van der Waals surface area contributed by atoms with E-state index in [0.717, 1.165) is 0 Å². The predicted octanol–water partition coefficient (Wildman–Crippen LogP) is 4.61. The van der Waals surface area contributed by atoms with Gasteiger partial charge in [-0.2, -0.15) is 0 Å². The molecule has 0 aliphatic heterocycles. The average Bonchev–Trinajstić information content (AvgIpc) is 2.69. The number of ketones is 1. The molecular weight excluding hydrogens is 322 g/mol. The lowest BCUT2D eigenvalue weighted by Gasteiger charge is -2.13. The maximum absolute atomic E-state index is 12.1. The second-order valence-corrected chi connectivity index (χ2v) is 6.79. The summed E-state index contributed by atoms with van der Waals surface area (Å²) in [6.45, 7) is 0. The van der Waals surface area contributed by atoms with Crippen molar-refractivity contribution in [2.24, 2.45) is 0 Å². The molecule has 4 rings (SSSR count). The van der Waals surface area contributed by atoms with Gasteiger partial charge in [-0.15, -0.1) is 0 Å². The zero-order valence-corrected chi connectivity index (χ0v) is 14.8. The molecule has 4 aromatic carbocycles. The number of aryl methyl sites for hydroxylation is 1. The predicted molar refractivity (Wildman–Crippen MR) is 107 cm³/mol. The van der Waals surface area contributed by atoms with E-state index in [0.29, 0.717) is 19.3 Å². The van der Waals surface area contributed by atoms with Crippen LogP contribution in [0.5, 0.6) is 0 Å². The molecular formula is C23H21NO2. The van der Waals surface area contributed by atoms with Crippen molar-refractivity contribution in [2.45, 2.75) is 25.7 Å². The van der Waals surface area contributed by atoms with E-state index in [9.17, 15) is 9.59 Å². The van der Waals surface area contributed by atoms with E-state index in [1.54, 1.807) is 7.05 Å². The third-order valence-electron chi connectivity index (χ3n) is 5.20. The minimum Gasteiger partial charge on any atom is -0.359 e. The highest BCUT2D eigenvalue weighted by Gasteiger charge is 2.12. The van der Waals surface area contributed by atoms with Crippen LogP contribution in [0.3, 0.4) is 0 Å². The fraction of sp³-hybridized carbons (Fsp3) is 0.217. The first-order chi connectivity index (χ1) is 12.7. The molecule has 0 saturated heterocycles. The first-order valence-electron chi connectivity index (χ1n) is 9.05. The monoisotopic (exact) mass is 343 g/mol. The van der Waals surface area contributed by atoms with E-state index >= 15 is 0 Å². The van der Waals surface area contributed by atoms with Crippen LogP contribution in [-0.2, 0) is 16.0 Å². The molecule has 1 N–H and O–H groups in total. The van der Waals surface area contributed by atoms with Crippen LogP contribution in [0, 0.1) is 0 Å². The summed E-state index contributed by atoms with van der Waals surface area (Å²) in [5.41, 5.74) is 1.20. The minimum absolute atomic E-state index is 0.0823. The second kappa shape index (κ2) is 6.75. The van der Waals surface area contributed by atoms with Gasteiger partial charge in [0.1, 0.15) is 5.78 Å². The van der Waals surface area contributed by atoms with Crippen LogP contribution in [-0.4, -0.2) is 18.7 Å². The van der Waals surface area contributed by atoms with Crippen molar-refractivity contribution in [3.8, 4) is 0 Å². The molecule has 0 aliphatic carbocycles. The van der Waals surface area contributed by atoms with Crippen molar-refractivity contribution in [2.75, 3.05) is 7.05 Å². The van der Waals surface area contributed by atoms with Gasteiger partial charge in [-0.1, -0.05) is 54.6 Å². The van der Waals surface area contributed by atoms with E-state index in [1.165, 1.54) is 37.9 Å². The molecule has 1 amide bonds. The summed E-state index contributed by atoms with van der Waals surface area (Å²) >= 11 is 0. The molecule has 0 unspecified atom stereocenters. The summed E-state index contributed by atoms with van der Waals surface area (Å²) in [5.74, 6) is 0.0559. The van der Waals surface area contributed by atoms with Crippen molar-refractivity contribution < 1.29 is 9.59 Å². The van der Waals surface area contributed by atoms with Gasteiger partial charge in [0.15, 0.2) is 0 Å². The lowest BCUT2D eigenvalue weighted by Crippen LogP contribution is -2.18. The number of rotatable bonds is 6. The topological polar surface area (TPSA) is 46.2 Å². The number of Topliss-reactive ketones (excluding diaryl/α,β-unsaturated/α-hetero) is 1. The molecule has 3 heteroatoms. The van der Waals surface area contributed by atoms with E-state index in [1.807, 2.05) is 0 Å². The second-order valence-electron chi connectivity index (χ2n) is 6.79. The highest BCUT2D eigenvalue weighted by Crippen LogP contribution is 2.36. The minimum atomic E-state index is -0.0823. The van der Waals surface area contributed by atoms with Gasteiger partial charge >= 0.3 is 0 Å². The van der Waals surface area contributed by atoms with Gasteiger partial charge in [-0.25, -0.2) is 0 Å². The van der Waals surface area contributed by atoms with Crippen LogP contribution in [0.4, 0.5) is 0 Å². The van der Waals surface area contributed by atoms with E-state index in [4.69, 9.17) is 0 Å². The summed E-state index contributed by atoms with van der Waals surface area (Å²) in [7, 11) is 1.59. The zero-order chi connectivity index (χ0) is 18.1. The number of carbonyl (C=O) groups excluding carboxylic acids is 2. The summed E-state index contributed by atoms with van der Waals surface area (Å²) in [4.78, 5) is 23.4. The molecule has 0 heterocycles. The maximum atomic E-state index is 12.1. The Balaban J connectivity index is 1.66. The molecule has 0 radical (unpaired) electrons. The Morgan fingerprint density at radius 3 is 2.15 bits per heavy atom. The molecule has 0 aromatic heterocycles. The summed E-state index contributed by atoms with van der Waals surface area (Å²) in [6, 6.07) is 19.4. The summed E-state index contributed by atoms with van der Waals surface area (Å²) in [5, 5.41) is 10.1. The Hall–Kier alpha value is -2.94. The number of carbonyl (C=O) groups is 2. The highest BCUT2D eigenvalue weighted by atomic mass is 16.2. The van der Waals surface area contributed by atoms with Crippen molar-refractivity contribution in [1.29, 1.82) is 0 Å². The average molecular weight is 343 g/mol. The SMILES string of the molecule is CNC(=O)CCC(=O)CCc1ccc2ccc3cccc4ccc1c2c34. The Morgan fingerprint density at radius 2 is 1.42 bits per heavy atom. The van der Waals surface area contributed by atoms with Crippen LogP contribution in [0.15, 0.2) is 54.6 Å². The highest BCUT2D eigenvalue weighted by molar-refractivity contribution is 6.23. The van der Waals surface area contributed by atoms with Crippen LogP contribution < -0.4 is 5.32 Å². The standard InChI is InChI=1S/C23H21NO2/c1-24-21(26)14-12-19(25)11-9-15-5-6-18-8-7-16-3-2-4-17-10-13-20(15)23(18)22(16)17/h2-8,10,13H,9,11-12,14H2,1H3,(H,24,26). The third-order valence-corrected chi connectivity index (χ3v) is 5.20. The largest absolute Gasteiger partial charge is 0.359 e. The van der Waals surface area contributed by atoms with Crippen molar-refractivity contribution in [3.63, 3.8) is 0 Å². The molecule has 130 valence electrons. The van der Waals surface area contributed by atoms with Gasteiger partial charge in [0.25, 0.3) is 0 Å². The van der Waals surface area contributed by atoms with Gasteiger partial charge in [0, 0.05) is 26.3 Å². The van der Waals surface area contributed by atoms with Crippen LogP contribution in [0.1, 0.15) is 24.8 Å².